The van der Waals surface area contributed by atoms with Crippen molar-refractivity contribution in [3.05, 3.63) is 47.1 Å². The lowest BCUT2D eigenvalue weighted by molar-refractivity contribution is -0.131. The lowest BCUT2D eigenvalue weighted by atomic mass is 9.99. The van der Waals surface area contributed by atoms with E-state index >= 15 is 0 Å². The minimum atomic E-state index is -0.115. The molecule has 0 radical (unpaired) electrons. The van der Waals surface area contributed by atoms with Crippen molar-refractivity contribution >= 4 is 12.0 Å². The van der Waals surface area contributed by atoms with Crippen molar-refractivity contribution in [3.63, 3.8) is 0 Å². The van der Waals surface area contributed by atoms with Gasteiger partial charge in [-0.25, -0.2) is 4.98 Å². The molecule has 0 spiro atoms. The van der Waals surface area contributed by atoms with E-state index in [-0.39, 0.29) is 11.9 Å². The summed E-state index contributed by atoms with van der Waals surface area (Å²) in [5.41, 5.74) is 1.61. The summed E-state index contributed by atoms with van der Waals surface area (Å²) in [6, 6.07) is 7.64. The normalized spacial score (nSPS) is 19.5. The van der Waals surface area contributed by atoms with Gasteiger partial charge in [0, 0.05) is 19.2 Å². The van der Waals surface area contributed by atoms with Gasteiger partial charge >= 0.3 is 0 Å². The van der Waals surface area contributed by atoms with Gasteiger partial charge in [0.15, 0.2) is 11.6 Å². The molecule has 2 aliphatic rings. The predicted molar refractivity (Wildman–Crippen MR) is 95.3 cm³/mol. The number of rotatable bonds is 4. The van der Waals surface area contributed by atoms with Gasteiger partial charge in [-0.15, -0.1) is 0 Å². The zero-order valence-electron chi connectivity index (χ0n) is 14.8. The molecule has 1 saturated heterocycles. The number of methoxy groups -OCH3 is 1. The number of carbonyl (C=O) groups is 1. The van der Waals surface area contributed by atoms with Crippen molar-refractivity contribution < 1.29 is 14.3 Å². The summed E-state index contributed by atoms with van der Waals surface area (Å²) in [5.74, 6) is 2.15. The highest BCUT2D eigenvalue weighted by Crippen LogP contribution is 2.32. The molecule has 136 valence electrons. The maximum atomic E-state index is 13.2. The van der Waals surface area contributed by atoms with Crippen LogP contribution in [0.25, 0.3) is 6.08 Å². The van der Waals surface area contributed by atoms with E-state index in [1.54, 1.807) is 7.11 Å². The highest BCUT2D eigenvalue weighted by molar-refractivity contribution is 5.99. The fourth-order valence-electron chi connectivity index (χ4n) is 3.53. The molecule has 0 aliphatic carbocycles. The molecule has 0 bridgehead atoms. The van der Waals surface area contributed by atoms with Crippen LogP contribution < -0.4 is 4.74 Å². The number of piperidine rings is 1. The van der Waals surface area contributed by atoms with Crippen LogP contribution in [0.4, 0.5) is 0 Å². The summed E-state index contributed by atoms with van der Waals surface area (Å²) in [7, 11) is 1.62. The SMILES string of the molecule is COCc1nc(C2CCCCN2C(=O)C2=Cc3ccccc3OC2)n[nH]1. The summed E-state index contributed by atoms with van der Waals surface area (Å²) >= 11 is 0. The van der Waals surface area contributed by atoms with Crippen LogP contribution in [-0.4, -0.2) is 46.2 Å². The number of benzene rings is 1. The van der Waals surface area contributed by atoms with E-state index < -0.39 is 0 Å². The Labute approximate surface area is 152 Å². The number of aromatic nitrogens is 3. The molecule has 1 unspecified atom stereocenters. The third kappa shape index (κ3) is 3.22. The van der Waals surface area contributed by atoms with Crippen LogP contribution in [0.3, 0.4) is 0 Å². The van der Waals surface area contributed by atoms with Gasteiger partial charge in [0.05, 0.1) is 11.6 Å². The number of amides is 1. The van der Waals surface area contributed by atoms with E-state index in [0.717, 1.165) is 30.6 Å². The van der Waals surface area contributed by atoms with E-state index in [1.165, 1.54) is 0 Å². The average Bonchev–Trinajstić information content (AvgIpc) is 3.16. The Morgan fingerprint density at radius 3 is 3.15 bits per heavy atom. The van der Waals surface area contributed by atoms with Crippen molar-refractivity contribution in [3.8, 4) is 5.75 Å². The Hall–Kier alpha value is -2.67. The average molecular weight is 354 g/mol. The van der Waals surface area contributed by atoms with Gasteiger partial charge in [0.25, 0.3) is 5.91 Å². The second-order valence-electron chi connectivity index (χ2n) is 6.58. The number of para-hydroxylation sites is 1. The molecular weight excluding hydrogens is 332 g/mol. The predicted octanol–water partition coefficient (Wildman–Crippen LogP) is 2.48. The lowest BCUT2D eigenvalue weighted by Crippen LogP contribution is -2.41. The Morgan fingerprint density at radius 1 is 1.38 bits per heavy atom. The first-order chi connectivity index (χ1) is 12.8. The first-order valence-electron chi connectivity index (χ1n) is 8.90. The summed E-state index contributed by atoms with van der Waals surface area (Å²) in [6.07, 6.45) is 4.84. The second-order valence-corrected chi connectivity index (χ2v) is 6.58. The van der Waals surface area contributed by atoms with Crippen LogP contribution in [0.15, 0.2) is 29.8 Å². The Balaban J connectivity index is 1.58. The van der Waals surface area contributed by atoms with Crippen molar-refractivity contribution in [2.45, 2.75) is 31.9 Å². The number of hydrogen-bond acceptors (Lipinski definition) is 5. The first-order valence-corrected chi connectivity index (χ1v) is 8.90. The van der Waals surface area contributed by atoms with Crippen molar-refractivity contribution in [1.29, 1.82) is 0 Å². The van der Waals surface area contributed by atoms with E-state index in [2.05, 4.69) is 15.2 Å². The molecule has 1 fully saturated rings. The molecule has 1 atom stereocenters. The monoisotopic (exact) mass is 354 g/mol. The third-order valence-corrected chi connectivity index (χ3v) is 4.80. The second kappa shape index (κ2) is 7.29. The molecule has 2 aliphatic heterocycles. The number of carbonyl (C=O) groups excluding carboxylic acids is 1. The number of ether oxygens (including phenoxy) is 2. The van der Waals surface area contributed by atoms with Gasteiger partial charge in [-0.1, -0.05) is 18.2 Å². The number of hydrogen-bond donors (Lipinski definition) is 1. The van der Waals surface area contributed by atoms with Crippen LogP contribution in [0.2, 0.25) is 0 Å². The number of nitrogens with one attached hydrogen (secondary N) is 1. The van der Waals surface area contributed by atoms with E-state index in [1.807, 2.05) is 35.2 Å². The van der Waals surface area contributed by atoms with E-state index in [9.17, 15) is 4.79 Å². The molecule has 1 amide bonds. The Kier molecular flexibility index (Phi) is 4.71. The van der Waals surface area contributed by atoms with Gasteiger partial charge in [-0.2, -0.15) is 5.10 Å². The quantitative estimate of drug-likeness (QED) is 0.912. The summed E-state index contributed by atoms with van der Waals surface area (Å²) in [5, 5.41) is 7.20. The molecule has 26 heavy (non-hydrogen) atoms. The minimum absolute atomic E-state index is 0.00212. The Morgan fingerprint density at radius 2 is 2.27 bits per heavy atom. The van der Waals surface area contributed by atoms with Gasteiger partial charge in [-0.05, 0) is 31.4 Å². The Bertz CT molecular complexity index is 830. The van der Waals surface area contributed by atoms with Gasteiger partial charge in [-0.3, -0.25) is 9.89 Å². The van der Waals surface area contributed by atoms with E-state index in [0.29, 0.717) is 37.0 Å². The van der Waals surface area contributed by atoms with Gasteiger partial charge in [0.1, 0.15) is 19.0 Å². The minimum Gasteiger partial charge on any atom is -0.488 e. The fourth-order valence-corrected chi connectivity index (χ4v) is 3.53. The van der Waals surface area contributed by atoms with E-state index in [4.69, 9.17) is 9.47 Å². The molecule has 7 heteroatoms. The maximum Gasteiger partial charge on any atom is 0.253 e. The molecule has 0 saturated carbocycles. The zero-order valence-corrected chi connectivity index (χ0v) is 14.8. The number of likely N-dealkylation sites (tertiary alicyclic amines) is 1. The summed E-state index contributed by atoms with van der Waals surface area (Å²) in [4.78, 5) is 19.5. The van der Waals surface area contributed by atoms with Crippen molar-refractivity contribution in [2.75, 3.05) is 20.3 Å². The summed E-state index contributed by atoms with van der Waals surface area (Å²) in [6.45, 7) is 1.38. The van der Waals surface area contributed by atoms with Crippen LogP contribution in [0, 0.1) is 0 Å². The molecule has 1 N–H and O–H groups in total. The lowest BCUT2D eigenvalue weighted by Gasteiger charge is -2.35. The zero-order chi connectivity index (χ0) is 17.9. The number of aromatic amines is 1. The highest BCUT2D eigenvalue weighted by Gasteiger charge is 2.33. The maximum absolute atomic E-state index is 13.2. The van der Waals surface area contributed by atoms with Gasteiger partial charge < -0.3 is 14.4 Å². The third-order valence-electron chi connectivity index (χ3n) is 4.80. The molecule has 3 heterocycles. The molecule has 7 nitrogen and oxygen atoms in total. The smallest absolute Gasteiger partial charge is 0.253 e. The number of H-pyrrole nitrogens is 1. The molecule has 1 aromatic heterocycles. The van der Waals surface area contributed by atoms with Crippen LogP contribution in [-0.2, 0) is 16.1 Å². The molecule has 4 rings (SSSR count). The largest absolute Gasteiger partial charge is 0.488 e. The van der Waals surface area contributed by atoms with Crippen LogP contribution in [0.1, 0.15) is 42.5 Å². The molecule has 2 aromatic rings. The standard InChI is InChI=1S/C19H22N4O3/c1-25-12-17-20-18(22-21-17)15-7-4-5-9-23(15)19(24)14-10-13-6-2-3-8-16(13)26-11-14/h2-3,6,8,10,15H,4-5,7,9,11-12H2,1H3,(H,20,21,22). The number of nitrogens with zero attached hydrogens (tertiary/aromatic N) is 3. The van der Waals surface area contributed by atoms with Crippen molar-refractivity contribution in [1.82, 2.24) is 20.1 Å². The topological polar surface area (TPSA) is 80.3 Å². The fraction of sp³-hybridized carbons (Fsp3) is 0.421. The highest BCUT2D eigenvalue weighted by atomic mass is 16.5. The number of fused-ring (bicyclic) bond motifs is 1. The molecular formula is C19H22N4O3. The molecule has 1 aromatic carbocycles. The van der Waals surface area contributed by atoms with Crippen LogP contribution >= 0.6 is 0 Å². The summed E-state index contributed by atoms with van der Waals surface area (Å²) < 4.78 is 10.8. The van der Waals surface area contributed by atoms with Gasteiger partial charge in [0.2, 0.25) is 0 Å². The first kappa shape index (κ1) is 16.8. The van der Waals surface area contributed by atoms with Crippen molar-refractivity contribution in [2.24, 2.45) is 0 Å². The van der Waals surface area contributed by atoms with Crippen LogP contribution in [0.5, 0.6) is 5.75 Å².